The summed E-state index contributed by atoms with van der Waals surface area (Å²) in [6.45, 7) is 6.63. The first-order valence-corrected chi connectivity index (χ1v) is 5.48. The van der Waals surface area contributed by atoms with E-state index in [0.29, 0.717) is 6.61 Å². The highest BCUT2D eigenvalue weighted by Gasteiger charge is 2.56. The number of epoxide rings is 1. The lowest BCUT2D eigenvalue weighted by Crippen LogP contribution is -2.19. The molecule has 82 valence electrons. The predicted octanol–water partition coefficient (Wildman–Crippen LogP) is 2.29. The monoisotopic (exact) mass is 200 g/mol. The van der Waals surface area contributed by atoms with Crippen LogP contribution in [-0.2, 0) is 14.3 Å². The van der Waals surface area contributed by atoms with Crippen LogP contribution in [0.2, 0.25) is 0 Å². The molecule has 0 radical (unpaired) electrons. The van der Waals surface area contributed by atoms with E-state index in [9.17, 15) is 4.79 Å². The summed E-state index contributed by atoms with van der Waals surface area (Å²) in [6.07, 6.45) is 3.77. The third kappa shape index (κ3) is 2.71. The number of rotatable bonds is 6. The quantitative estimate of drug-likeness (QED) is 0.375. The molecule has 0 bridgehead atoms. The normalized spacial score (nSPS) is 30.1. The van der Waals surface area contributed by atoms with Crippen molar-refractivity contribution in [2.24, 2.45) is 0 Å². The first kappa shape index (κ1) is 11.5. The molecule has 1 rings (SSSR count). The van der Waals surface area contributed by atoms with Crippen molar-refractivity contribution in [1.82, 2.24) is 0 Å². The van der Waals surface area contributed by atoms with Crippen molar-refractivity contribution in [3.05, 3.63) is 0 Å². The van der Waals surface area contributed by atoms with Crippen molar-refractivity contribution in [1.29, 1.82) is 0 Å². The van der Waals surface area contributed by atoms with Gasteiger partial charge in [0, 0.05) is 0 Å². The summed E-state index contributed by atoms with van der Waals surface area (Å²) >= 11 is 0. The average Bonchev–Trinajstić information content (AvgIpc) is 2.86. The lowest BCUT2D eigenvalue weighted by molar-refractivity contribution is -0.145. The fraction of sp³-hybridized carbons (Fsp3) is 0.909. The largest absolute Gasteiger partial charge is 0.464 e. The van der Waals surface area contributed by atoms with Crippen molar-refractivity contribution < 1.29 is 14.3 Å². The first-order valence-electron chi connectivity index (χ1n) is 5.48. The van der Waals surface area contributed by atoms with E-state index >= 15 is 0 Å². The van der Waals surface area contributed by atoms with Gasteiger partial charge in [-0.15, -0.1) is 0 Å². The Morgan fingerprint density at radius 3 is 2.64 bits per heavy atom. The van der Waals surface area contributed by atoms with Gasteiger partial charge in [0.15, 0.2) is 6.10 Å². The zero-order chi connectivity index (χ0) is 10.6. The van der Waals surface area contributed by atoms with E-state index in [0.717, 1.165) is 25.7 Å². The Hall–Kier alpha value is -0.570. The molecule has 1 fully saturated rings. The molecule has 3 heteroatoms. The van der Waals surface area contributed by atoms with E-state index in [2.05, 4.69) is 6.92 Å². The van der Waals surface area contributed by atoms with Gasteiger partial charge < -0.3 is 9.47 Å². The van der Waals surface area contributed by atoms with Gasteiger partial charge in [0.1, 0.15) is 5.60 Å². The zero-order valence-corrected chi connectivity index (χ0v) is 9.34. The van der Waals surface area contributed by atoms with Crippen molar-refractivity contribution in [3.8, 4) is 0 Å². The lowest BCUT2D eigenvalue weighted by atomic mass is 10.1. The van der Waals surface area contributed by atoms with Crippen LogP contribution in [0.15, 0.2) is 0 Å². The molecular weight excluding hydrogens is 180 g/mol. The second-order valence-electron chi connectivity index (χ2n) is 4.04. The molecule has 0 N–H and O–H groups in total. The molecule has 0 aromatic heterocycles. The number of ether oxygens (including phenoxy) is 2. The summed E-state index contributed by atoms with van der Waals surface area (Å²) < 4.78 is 10.4. The second-order valence-corrected chi connectivity index (χ2v) is 4.04. The van der Waals surface area contributed by atoms with E-state index in [4.69, 9.17) is 9.47 Å². The van der Waals surface area contributed by atoms with Crippen molar-refractivity contribution >= 4 is 5.97 Å². The smallest absolute Gasteiger partial charge is 0.338 e. The minimum atomic E-state index is -0.311. The number of unbranched alkanes of at least 4 members (excludes halogenated alkanes) is 2. The molecule has 0 aliphatic carbocycles. The average molecular weight is 200 g/mol. The van der Waals surface area contributed by atoms with Gasteiger partial charge in [0.2, 0.25) is 0 Å². The number of carbonyl (C=O) groups excluding carboxylic acids is 1. The van der Waals surface area contributed by atoms with E-state index in [-0.39, 0.29) is 17.7 Å². The fourth-order valence-corrected chi connectivity index (χ4v) is 1.40. The van der Waals surface area contributed by atoms with Crippen LogP contribution >= 0.6 is 0 Å². The van der Waals surface area contributed by atoms with E-state index in [1.54, 1.807) is 0 Å². The van der Waals surface area contributed by atoms with Crippen LogP contribution < -0.4 is 0 Å². The highest BCUT2D eigenvalue weighted by atomic mass is 16.7. The van der Waals surface area contributed by atoms with Crippen molar-refractivity contribution in [3.63, 3.8) is 0 Å². The van der Waals surface area contributed by atoms with E-state index < -0.39 is 0 Å². The Morgan fingerprint density at radius 1 is 1.43 bits per heavy atom. The third-order valence-corrected chi connectivity index (χ3v) is 2.79. The first-order chi connectivity index (χ1) is 6.64. The molecule has 1 saturated heterocycles. The molecule has 1 aliphatic rings. The molecule has 3 nitrogen and oxygen atoms in total. The van der Waals surface area contributed by atoms with Crippen LogP contribution in [0, 0.1) is 0 Å². The molecule has 0 aromatic carbocycles. The summed E-state index contributed by atoms with van der Waals surface area (Å²) in [4.78, 5) is 11.4. The summed E-state index contributed by atoms with van der Waals surface area (Å²) in [5, 5.41) is 0. The Morgan fingerprint density at radius 2 is 2.14 bits per heavy atom. The molecule has 1 heterocycles. The molecule has 2 unspecified atom stereocenters. The standard InChI is InChI=1S/C11H20O3/c1-4-6-7-8-13-10(12)9-11(3,5-2)14-9/h9H,4-8H2,1-3H3. The summed E-state index contributed by atoms with van der Waals surface area (Å²) in [6, 6.07) is 0. The molecule has 1 aliphatic heterocycles. The Bertz CT molecular complexity index is 203. The van der Waals surface area contributed by atoms with Gasteiger partial charge in [-0.2, -0.15) is 0 Å². The second kappa shape index (κ2) is 4.78. The van der Waals surface area contributed by atoms with Crippen LogP contribution in [0.1, 0.15) is 46.5 Å². The van der Waals surface area contributed by atoms with Crippen LogP contribution in [0.5, 0.6) is 0 Å². The van der Waals surface area contributed by atoms with E-state index in [1.807, 2.05) is 13.8 Å². The Kier molecular flexibility index (Phi) is 3.93. The maximum atomic E-state index is 11.4. The fourth-order valence-electron chi connectivity index (χ4n) is 1.40. The topological polar surface area (TPSA) is 38.8 Å². The van der Waals surface area contributed by atoms with Crippen LogP contribution in [0.25, 0.3) is 0 Å². The summed E-state index contributed by atoms with van der Waals surface area (Å²) in [5.74, 6) is -0.189. The third-order valence-electron chi connectivity index (χ3n) is 2.79. The van der Waals surface area contributed by atoms with Crippen LogP contribution in [-0.4, -0.2) is 24.3 Å². The lowest BCUT2D eigenvalue weighted by Gasteiger charge is -2.03. The van der Waals surface area contributed by atoms with Crippen molar-refractivity contribution in [2.75, 3.05) is 6.61 Å². The predicted molar refractivity (Wildman–Crippen MR) is 54.1 cm³/mol. The van der Waals surface area contributed by atoms with Crippen LogP contribution in [0.4, 0.5) is 0 Å². The highest BCUT2D eigenvalue weighted by molar-refractivity contribution is 5.79. The summed E-state index contributed by atoms with van der Waals surface area (Å²) in [7, 11) is 0. The number of hydrogen-bond donors (Lipinski definition) is 0. The van der Waals surface area contributed by atoms with Gasteiger partial charge in [-0.3, -0.25) is 0 Å². The highest BCUT2D eigenvalue weighted by Crippen LogP contribution is 2.39. The van der Waals surface area contributed by atoms with Gasteiger partial charge in [0.25, 0.3) is 0 Å². The van der Waals surface area contributed by atoms with Gasteiger partial charge in [0.05, 0.1) is 6.61 Å². The maximum absolute atomic E-state index is 11.4. The molecule has 0 spiro atoms. The Labute approximate surface area is 85.8 Å². The summed E-state index contributed by atoms with van der Waals surface area (Å²) in [5.41, 5.74) is -0.248. The van der Waals surface area contributed by atoms with Gasteiger partial charge in [-0.1, -0.05) is 26.7 Å². The SMILES string of the molecule is CCCCCOC(=O)C1OC1(C)CC. The maximum Gasteiger partial charge on any atom is 0.338 e. The van der Waals surface area contributed by atoms with Gasteiger partial charge >= 0.3 is 5.97 Å². The number of esters is 1. The van der Waals surface area contributed by atoms with E-state index in [1.165, 1.54) is 0 Å². The van der Waals surface area contributed by atoms with Gasteiger partial charge in [-0.05, 0) is 19.8 Å². The molecule has 0 amide bonds. The van der Waals surface area contributed by atoms with Crippen molar-refractivity contribution in [2.45, 2.75) is 58.2 Å². The van der Waals surface area contributed by atoms with Crippen LogP contribution in [0.3, 0.4) is 0 Å². The molecule has 14 heavy (non-hydrogen) atoms. The molecule has 2 atom stereocenters. The minimum Gasteiger partial charge on any atom is -0.464 e. The Balaban J connectivity index is 2.12. The molecule has 0 saturated carbocycles. The number of carbonyl (C=O) groups is 1. The molecule has 0 aromatic rings. The minimum absolute atomic E-state index is 0.189. The zero-order valence-electron chi connectivity index (χ0n) is 9.34. The number of hydrogen-bond acceptors (Lipinski definition) is 3. The molecular formula is C11H20O3. The van der Waals surface area contributed by atoms with Gasteiger partial charge in [-0.25, -0.2) is 4.79 Å².